The molecule has 31 heavy (non-hydrogen) atoms. The number of aryl methyl sites for hydroxylation is 1. The van der Waals surface area contributed by atoms with E-state index >= 15 is 0 Å². The lowest BCUT2D eigenvalue weighted by Gasteiger charge is -2.31. The molecule has 1 aliphatic rings. The van der Waals surface area contributed by atoms with Gasteiger partial charge in [0.1, 0.15) is 22.8 Å². The van der Waals surface area contributed by atoms with E-state index in [0.29, 0.717) is 5.82 Å². The monoisotopic (exact) mass is 435 g/mol. The van der Waals surface area contributed by atoms with Crippen molar-refractivity contribution in [3.8, 4) is 0 Å². The number of amides is 1. The summed E-state index contributed by atoms with van der Waals surface area (Å²) >= 11 is 1.68. The molecule has 1 amide bonds. The standard InChI is InChI=1S/C22H25N7OS/c1-4-29(12(2)3)22(30)13-5-6-15-17(7-13)31-21-19(15)20(24-11-25-21)27-18-8-14-9-26-28-16(14)10-23-18/h8-13H,4-7H2,1-3H3,(H,26,28)(H,23,24,25,27). The van der Waals surface area contributed by atoms with Crippen molar-refractivity contribution in [2.24, 2.45) is 5.92 Å². The highest BCUT2D eigenvalue weighted by Crippen LogP contribution is 2.40. The lowest BCUT2D eigenvalue weighted by Crippen LogP contribution is -2.42. The maximum atomic E-state index is 13.1. The van der Waals surface area contributed by atoms with Crippen molar-refractivity contribution in [1.29, 1.82) is 0 Å². The summed E-state index contributed by atoms with van der Waals surface area (Å²) < 4.78 is 0. The highest BCUT2D eigenvalue weighted by atomic mass is 32.1. The van der Waals surface area contributed by atoms with Crippen LogP contribution < -0.4 is 5.32 Å². The van der Waals surface area contributed by atoms with Gasteiger partial charge in [0.25, 0.3) is 0 Å². The fraction of sp³-hybridized carbons (Fsp3) is 0.409. The van der Waals surface area contributed by atoms with Crippen molar-refractivity contribution in [3.05, 3.63) is 35.2 Å². The minimum Gasteiger partial charge on any atom is -0.340 e. The number of hydrogen-bond acceptors (Lipinski definition) is 7. The molecule has 160 valence electrons. The van der Waals surface area contributed by atoms with Crippen LogP contribution in [-0.4, -0.2) is 48.5 Å². The fourth-order valence-electron chi connectivity index (χ4n) is 4.46. The zero-order chi connectivity index (χ0) is 21.5. The van der Waals surface area contributed by atoms with E-state index in [1.807, 2.05) is 17.9 Å². The van der Waals surface area contributed by atoms with Crippen molar-refractivity contribution >= 4 is 50.0 Å². The van der Waals surface area contributed by atoms with E-state index in [1.165, 1.54) is 10.4 Å². The lowest BCUT2D eigenvalue weighted by atomic mass is 9.86. The normalized spacial score (nSPS) is 16.1. The van der Waals surface area contributed by atoms with Crippen molar-refractivity contribution in [2.45, 2.75) is 46.1 Å². The summed E-state index contributed by atoms with van der Waals surface area (Å²) in [4.78, 5) is 30.7. The third kappa shape index (κ3) is 3.52. The van der Waals surface area contributed by atoms with Crippen LogP contribution in [0.5, 0.6) is 0 Å². The first-order valence-corrected chi connectivity index (χ1v) is 11.5. The van der Waals surface area contributed by atoms with Crippen LogP contribution in [0, 0.1) is 5.92 Å². The summed E-state index contributed by atoms with van der Waals surface area (Å²) in [6, 6.07) is 2.17. The Balaban J connectivity index is 1.46. The second kappa shape index (κ2) is 7.88. The molecule has 0 radical (unpaired) electrons. The minimum absolute atomic E-state index is 0.0393. The maximum Gasteiger partial charge on any atom is 0.226 e. The number of carbonyl (C=O) groups excluding carboxylic acids is 1. The smallest absolute Gasteiger partial charge is 0.226 e. The number of hydrogen-bond donors (Lipinski definition) is 2. The first kappa shape index (κ1) is 19.9. The van der Waals surface area contributed by atoms with E-state index in [0.717, 1.165) is 52.7 Å². The van der Waals surface area contributed by atoms with Crippen LogP contribution in [-0.2, 0) is 17.6 Å². The van der Waals surface area contributed by atoms with Gasteiger partial charge in [0, 0.05) is 28.8 Å². The molecule has 0 aromatic carbocycles. The molecule has 9 heteroatoms. The van der Waals surface area contributed by atoms with Crippen LogP contribution in [0.3, 0.4) is 0 Å². The summed E-state index contributed by atoms with van der Waals surface area (Å²) in [6.45, 7) is 6.96. The Morgan fingerprint density at radius 3 is 3.00 bits per heavy atom. The lowest BCUT2D eigenvalue weighted by molar-refractivity contribution is -0.137. The molecule has 1 aliphatic carbocycles. The predicted molar refractivity (Wildman–Crippen MR) is 123 cm³/mol. The van der Waals surface area contributed by atoms with E-state index in [9.17, 15) is 4.79 Å². The third-order valence-electron chi connectivity index (χ3n) is 6.01. The number of pyridine rings is 1. The van der Waals surface area contributed by atoms with Crippen molar-refractivity contribution in [3.63, 3.8) is 0 Å². The second-order valence-electron chi connectivity index (χ2n) is 8.22. The van der Waals surface area contributed by atoms with E-state index in [2.05, 4.69) is 44.3 Å². The number of fused-ring (bicyclic) bond motifs is 4. The van der Waals surface area contributed by atoms with Crippen LogP contribution in [0.15, 0.2) is 24.8 Å². The molecule has 0 bridgehead atoms. The van der Waals surface area contributed by atoms with Gasteiger partial charge < -0.3 is 10.2 Å². The first-order valence-electron chi connectivity index (χ1n) is 10.7. The number of H-pyrrole nitrogens is 1. The first-order chi connectivity index (χ1) is 15.0. The molecule has 1 unspecified atom stereocenters. The fourth-order valence-corrected chi connectivity index (χ4v) is 5.72. The molecule has 2 N–H and O–H groups in total. The number of aromatic nitrogens is 5. The highest BCUT2D eigenvalue weighted by molar-refractivity contribution is 7.19. The third-order valence-corrected chi connectivity index (χ3v) is 7.18. The molecular weight excluding hydrogens is 410 g/mol. The molecular formula is C22H25N7OS. The zero-order valence-electron chi connectivity index (χ0n) is 17.8. The van der Waals surface area contributed by atoms with E-state index in [1.54, 1.807) is 30.1 Å². The van der Waals surface area contributed by atoms with Crippen LogP contribution >= 0.6 is 11.3 Å². The summed E-state index contributed by atoms with van der Waals surface area (Å²) in [7, 11) is 0. The Bertz CT molecular complexity index is 1260. The number of anilines is 2. The van der Waals surface area contributed by atoms with E-state index in [4.69, 9.17) is 0 Å². The summed E-state index contributed by atoms with van der Waals surface area (Å²) in [5, 5.41) is 12.4. The number of nitrogens with zero attached hydrogens (tertiary/aromatic N) is 5. The average Bonchev–Trinajstić information content (AvgIpc) is 3.37. The Kier molecular flexibility index (Phi) is 5.05. The molecule has 1 atom stereocenters. The minimum atomic E-state index is 0.0393. The molecule has 4 aromatic heterocycles. The van der Waals surface area contributed by atoms with Gasteiger partial charge in [-0.2, -0.15) is 5.10 Å². The van der Waals surface area contributed by atoms with Gasteiger partial charge in [-0.15, -0.1) is 11.3 Å². The maximum absolute atomic E-state index is 13.1. The molecule has 4 heterocycles. The number of rotatable bonds is 5. The molecule has 0 saturated heterocycles. The van der Waals surface area contributed by atoms with Gasteiger partial charge >= 0.3 is 0 Å². The van der Waals surface area contributed by atoms with Gasteiger partial charge in [0.15, 0.2) is 0 Å². The van der Waals surface area contributed by atoms with Crippen LogP contribution in [0.25, 0.3) is 21.1 Å². The average molecular weight is 436 g/mol. The molecule has 0 aliphatic heterocycles. The highest BCUT2D eigenvalue weighted by Gasteiger charge is 2.32. The Morgan fingerprint density at radius 2 is 2.19 bits per heavy atom. The van der Waals surface area contributed by atoms with Gasteiger partial charge in [0.2, 0.25) is 5.91 Å². The van der Waals surface area contributed by atoms with Crippen molar-refractivity contribution < 1.29 is 4.79 Å². The van der Waals surface area contributed by atoms with Crippen molar-refractivity contribution in [1.82, 2.24) is 30.0 Å². The zero-order valence-corrected chi connectivity index (χ0v) is 18.7. The van der Waals surface area contributed by atoms with E-state index in [-0.39, 0.29) is 17.9 Å². The second-order valence-corrected chi connectivity index (χ2v) is 9.30. The molecule has 0 fully saturated rings. The van der Waals surface area contributed by atoms with Gasteiger partial charge in [-0.3, -0.25) is 9.89 Å². The largest absolute Gasteiger partial charge is 0.340 e. The van der Waals surface area contributed by atoms with Gasteiger partial charge in [-0.05, 0) is 51.7 Å². The number of aromatic amines is 1. The van der Waals surface area contributed by atoms with Crippen LogP contribution in [0.4, 0.5) is 11.6 Å². The van der Waals surface area contributed by atoms with Gasteiger partial charge in [-0.1, -0.05) is 0 Å². The summed E-state index contributed by atoms with van der Waals surface area (Å²) in [5.41, 5.74) is 2.16. The van der Waals surface area contributed by atoms with E-state index < -0.39 is 0 Å². The summed E-state index contributed by atoms with van der Waals surface area (Å²) in [6.07, 6.45) is 7.61. The molecule has 8 nitrogen and oxygen atoms in total. The molecule has 4 aromatic rings. The quantitative estimate of drug-likeness (QED) is 0.490. The summed E-state index contributed by atoms with van der Waals surface area (Å²) in [5.74, 6) is 1.79. The van der Waals surface area contributed by atoms with Crippen LogP contribution in [0.2, 0.25) is 0 Å². The Hall–Kier alpha value is -3.07. The Labute approximate surface area is 184 Å². The SMILES string of the molecule is CCN(C(=O)C1CCc2c(sc3ncnc(Nc4cc5cn[nH]c5cn4)c23)C1)C(C)C. The number of thiophene rings is 1. The number of carbonyl (C=O) groups is 1. The van der Waals surface area contributed by atoms with Crippen LogP contribution in [0.1, 0.15) is 37.6 Å². The number of nitrogens with one attached hydrogen (secondary N) is 2. The molecule has 0 saturated carbocycles. The van der Waals surface area contributed by atoms with Gasteiger partial charge in [0.05, 0.1) is 23.3 Å². The topological polar surface area (TPSA) is 99.7 Å². The Morgan fingerprint density at radius 1 is 1.32 bits per heavy atom. The molecule has 5 rings (SSSR count). The molecule has 0 spiro atoms. The van der Waals surface area contributed by atoms with Crippen molar-refractivity contribution in [2.75, 3.05) is 11.9 Å². The van der Waals surface area contributed by atoms with Gasteiger partial charge in [-0.25, -0.2) is 15.0 Å². The predicted octanol–water partition coefficient (Wildman–Crippen LogP) is 4.07.